The SMILES string of the molecule is CCC[SiH]S. The first-order valence-electron chi connectivity index (χ1n) is 1.87. The van der Waals surface area contributed by atoms with Gasteiger partial charge in [-0.25, -0.2) is 12.1 Å². The maximum absolute atomic E-state index is 4.08. The minimum absolute atomic E-state index is 0.480. The molecule has 0 aliphatic carbocycles. The molecule has 0 aliphatic rings. The Morgan fingerprint density at radius 3 is 2.40 bits per heavy atom. The van der Waals surface area contributed by atoms with E-state index in [1.165, 1.54) is 12.5 Å². The van der Waals surface area contributed by atoms with E-state index in [1.807, 2.05) is 0 Å². The molecule has 5 heavy (non-hydrogen) atoms. The monoisotopic (exact) mass is 105 g/mol. The lowest BCUT2D eigenvalue weighted by molar-refractivity contribution is 1.08. The molecule has 31 valence electrons. The molecule has 0 saturated carbocycles. The van der Waals surface area contributed by atoms with E-state index in [2.05, 4.69) is 19.0 Å². The zero-order valence-electron chi connectivity index (χ0n) is 3.44. The highest BCUT2D eigenvalue weighted by Crippen LogP contribution is 1.84. The third-order valence-electron chi connectivity index (χ3n) is 0.418. The van der Waals surface area contributed by atoms with Gasteiger partial charge in [0.2, 0.25) is 0 Å². The average molecular weight is 105 g/mol. The van der Waals surface area contributed by atoms with Crippen LogP contribution < -0.4 is 0 Å². The van der Waals surface area contributed by atoms with Gasteiger partial charge in [0, 0.05) is 0 Å². The van der Waals surface area contributed by atoms with Crippen molar-refractivity contribution in [2.24, 2.45) is 0 Å². The molecule has 2 heteroatoms. The summed E-state index contributed by atoms with van der Waals surface area (Å²) < 4.78 is 0. The van der Waals surface area contributed by atoms with E-state index in [0.29, 0.717) is 8.67 Å². The van der Waals surface area contributed by atoms with E-state index < -0.39 is 0 Å². The summed E-state index contributed by atoms with van der Waals surface area (Å²) in [7, 11) is 0.480. The van der Waals surface area contributed by atoms with Crippen LogP contribution >= 0.6 is 12.1 Å². The highest BCUT2D eigenvalue weighted by Gasteiger charge is 1.71. The van der Waals surface area contributed by atoms with E-state index in [1.54, 1.807) is 0 Å². The normalized spacial score (nSPS) is 8.40. The second kappa shape index (κ2) is 4.57. The third-order valence-corrected chi connectivity index (χ3v) is 2.03. The van der Waals surface area contributed by atoms with Crippen LogP contribution in [0.3, 0.4) is 0 Å². The van der Waals surface area contributed by atoms with E-state index in [-0.39, 0.29) is 0 Å². The zero-order valence-corrected chi connectivity index (χ0v) is 5.49. The largest absolute Gasteiger partial charge is 0.208 e. The van der Waals surface area contributed by atoms with E-state index in [0.717, 1.165) is 0 Å². The summed E-state index contributed by atoms with van der Waals surface area (Å²) in [4.78, 5) is 0. The lowest BCUT2D eigenvalue weighted by atomic mass is 10.6. The number of hydrogen-bond acceptors (Lipinski definition) is 1. The van der Waals surface area contributed by atoms with Crippen molar-refractivity contribution in [3.63, 3.8) is 0 Å². The Morgan fingerprint density at radius 1 is 1.80 bits per heavy atom. The Morgan fingerprint density at radius 2 is 2.40 bits per heavy atom. The van der Waals surface area contributed by atoms with Crippen molar-refractivity contribution >= 4 is 20.7 Å². The smallest absolute Gasteiger partial charge is 0.0982 e. The predicted molar refractivity (Wildman–Crippen MR) is 31.2 cm³/mol. The maximum Gasteiger partial charge on any atom is 0.0982 e. The molecule has 0 unspecified atom stereocenters. The summed E-state index contributed by atoms with van der Waals surface area (Å²) in [5, 5.41) is 0. The van der Waals surface area contributed by atoms with Crippen molar-refractivity contribution in [3.8, 4) is 0 Å². The standard InChI is InChI=1S/C3H9SSi/c1-2-3-5-4/h4-5H,2-3H2,1H3. The van der Waals surface area contributed by atoms with Crippen molar-refractivity contribution in [2.45, 2.75) is 19.4 Å². The van der Waals surface area contributed by atoms with Crippen molar-refractivity contribution in [1.29, 1.82) is 0 Å². The van der Waals surface area contributed by atoms with Gasteiger partial charge < -0.3 is 0 Å². The highest BCUT2D eigenvalue weighted by atomic mass is 32.3. The van der Waals surface area contributed by atoms with Crippen LogP contribution in [-0.4, -0.2) is 8.67 Å². The van der Waals surface area contributed by atoms with Crippen molar-refractivity contribution in [3.05, 3.63) is 0 Å². The van der Waals surface area contributed by atoms with Gasteiger partial charge >= 0.3 is 0 Å². The topological polar surface area (TPSA) is 0 Å². The summed E-state index contributed by atoms with van der Waals surface area (Å²) in [5.41, 5.74) is 0. The molecule has 0 bridgehead atoms. The second-order valence-electron chi connectivity index (χ2n) is 0.971. The van der Waals surface area contributed by atoms with Gasteiger partial charge in [0.1, 0.15) is 0 Å². The van der Waals surface area contributed by atoms with Crippen LogP contribution in [0.1, 0.15) is 13.3 Å². The average Bonchev–Trinajstić information content (AvgIpc) is 1.41. The fourth-order valence-electron chi connectivity index (χ4n) is 0.129. The highest BCUT2D eigenvalue weighted by molar-refractivity contribution is 8.06. The summed E-state index contributed by atoms with van der Waals surface area (Å²) in [5.74, 6) is 0. The van der Waals surface area contributed by atoms with Crippen LogP contribution in [0.5, 0.6) is 0 Å². The lowest BCUT2D eigenvalue weighted by Crippen LogP contribution is -1.69. The van der Waals surface area contributed by atoms with Crippen molar-refractivity contribution in [2.75, 3.05) is 0 Å². The Kier molecular flexibility index (Phi) is 5.08. The molecule has 0 aromatic carbocycles. The quantitative estimate of drug-likeness (QED) is 0.394. The summed E-state index contributed by atoms with van der Waals surface area (Å²) in [6, 6.07) is 1.34. The summed E-state index contributed by atoms with van der Waals surface area (Å²) in [6.07, 6.45) is 1.30. The van der Waals surface area contributed by atoms with Gasteiger partial charge in [0.25, 0.3) is 0 Å². The number of thiol groups is 1. The van der Waals surface area contributed by atoms with E-state index in [9.17, 15) is 0 Å². The molecule has 0 heterocycles. The van der Waals surface area contributed by atoms with Gasteiger partial charge in [0.05, 0.1) is 8.67 Å². The molecule has 0 aromatic rings. The second-order valence-corrected chi connectivity index (χ2v) is 3.01. The Labute approximate surface area is 40.8 Å². The molecular formula is C3H9SSi. The van der Waals surface area contributed by atoms with Gasteiger partial charge in [0.15, 0.2) is 0 Å². The fraction of sp³-hybridized carbons (Fsp3) is 1.00. The van der Waals surface area contributed by atoms with Gasteiger partial charge in [-0.05, 0) is 0 Å². The van der Waals surface area contributed by atoms with E-state index in [4.69, 9.17) is 0 Å². The zero-order chi connectivity index (χ0) is 4.12. The Balaban J connectivity index is 2.19. The molecule has 0 rings (SSSR count). The van der Waals surface area contributed by atoms with Crippen molar-refractivity contribution < 1.29 is 0 Å². The number of hydrogen-bond donors (Lipinski definition) is 1. The summed E-state index contributed by atoms with van der Waals surface area (Å²) >= 11 is 4.08. The molecule has 0 atom stereocenters. The minimum Gasteiger partial charge on any atom is -0.208 e. The van der Waals surface area contributed by atoms with Crippen LogP contribution in [0.15, 0.2) is 0 Å². The van der Waals surface area contributed by atoms with Crippen molar-refractivity contribution in [1.82, 2.24) is 0 Å². The first-order valence-corrected chi connectivity index (χ1v) is 4.76. The molecule has 0 aliphatic heterocycles. The van der Waals surface area contributed by atoms with Gasteiger partial charge in [-0.3, -0.25) is 0 Å². The summed E-state index contributed by atoms with van der Waals surface area (Å²) in [6.45, 7) is 2.18. The molecule has 0 nitrogen and oxygen atoms in total. The van der Waals surface area contributed by atoms with Gasteiger partial charge in [-0.15, -0.1) is 0 Å². The Hall–Kier alpha value is 0.567. The molecule has 0 aromatic heterocycles. The first kappa shape index (κ1) is 5.57. The van der Waals surface area contributed by atoms with Crippen LogP contribution in [0.25, 0.3) is 0 Å². The molecule has 0 fully saturated rings. The molecule has 0 amide bonds. The van der Waals surface area contributed by atoms with Crippen LogP contribution in [-0.2, 0) is 0 Å². The maximum atomic E-state index is 4.08. The minimum atomic E-state index is 0.480. The third kappa shape index (κ3) is 4.57. The predicted octanol–water partition coefficient (Wildman–Crippen LogP) is 1.10. The molecule has 0 N–H and O–H groups in total. The first-order chi connectivity index (χ1) is 2.41. The molecular weight excluding hydrogens is 96.2 g/mol. The van der Waals surface area contributed by atoms with E-state index >= 15 is 0 Å². The lowest BCUT2D eigenvalue weighted by Gasteiger charge is -1.76. The molecule has 0 saturated heterocycles. The van der Waals surface area contributed by atoms with Crippen LogP contribution in [0, 0.1) is 0 Å². The van der Waals surface area contributed by atoms with Gasteiger partial charge in [-0.2, -0.15) is 0 Å². The Bertz CT molecular complexity index is 14.4. The van der Waals surface area contributed by atoms with Crippen LogP contribution in [0.2, 0.25) is 6.04 Å². The number of rotatable bonds is 2. The fourth-order valence-corrected chi connectivity index (χ4v) is 1.16. The van der Waals surface area contributed by atoms with Gasteiger partial charge in [-0.1, -0.05) is 19.4 Å². The molecule has 0 spiro atoms. The molecule has 1 radical (unpaired) electrons. The van der Waals surface area contributed by atoms with Crippen LogP contribution in [0.4, 0.5) is 0 Å².